The summed E-state index contributed by atoms with van der Waals surface area (Å²) in [4.78, 5) is 21.6. The molecule has 5 aromatic rings. The molecular weight excluding hydrogens is 693 g/mol. The minimum Gasteiger partial charge on any atom is -0.512 e. The van der Waals surface area contributed by atoms with Gasteiger partial charge in [-0.2, -0.15) is 0 Å². The van der Waals surface area contributed by atoms with Crippen LogP contribution in [0, 0.1) is 16.9 Å². The van der Waals surface area contributed by atoms with E-state index in [2.05, 4.69) is 52.4 Å². The van der Waals surface area contributed by atoms with Crippen LogP contribution in [0.3, 0.4) is 0 Å². The minimum absolute atomic E-state index is 0. The van der Waals surface area contributed by atoms with Crippen LogP contribution in [-0.4, -0.2) is 20.9 Å². The second-order valence-electron chi connectivity index (χ2n) is 12.1. The van der Waals surface area contributed by atoms with Crippen LogP contribution in [0.4, 0.5) is 0 Å². The Hall–Kier alpha value is -2.92. The van der Waals surface area contributed by atoms with Crippen LogP contribution in [0.2, 0.25) is 0 Å². The van der Waals surface area contributed by atoms with E-state index in [1.165, 1.54) is 26.9 Å². The largest absolute Gasteiger partial charge is 0.512 e. The zero-order valence-corrected chi connectivity index (χ0v) is 27.6. The van der Waals surface area contributed by atoms with Gasteiger partial charge in [0.25, 0.3) is 0 Å². The Morgan fingerprint density at radius 3 is 2.27 bits per heavy atom. The van der Waals surface area contributed by atoms with Gasteiger partial charge < -0.3 is 5.11 Å². The van der Waals surface area contributed by atoms with Crippen molar-refractivity contribution in [2.45, 2.75) is 61.3 Å². The van der Waals surface area contributed by atoms with Crippen LogP contribution in [-0.2, 0) is 24.9 Å². The van der Waals surface area contributed by atoms with E-state index in [-0.39, 0.29) is 37.1 Å². The fourth-order valence-electron chi connectivity index (χ4n) is 3.98. The van der Waals surface area contributed by atoms with Crippen molar-refractivity contribution in [3.05, 3.63) is 84.4 Å². The van der Waals surface area contributed by atoms with E-state index < -0.39 is 11.3 Å². The van der Waals surface area contributed by atoms with Gasteiger partial charge in [-0.1, -0.05) is 97.7 Å². The molecule has 0 saturated carbocycles. The first-order chi connectivity index (χ1) is 18.6. The molecule has 4 nitrogen and oxygen atoms in total. The van der Waals surface area contributed by atoms with Gasteiger partial charge in [0, 0.05) is 54.2 Å². The third kappa shape index (κ3) is 6.86. The van der Waals surface area contributed by atoms with Crippen LogP contribution in [0.15, 0.2) is 72.8 Å². The molecule has 0 atom stereocenters. The molecule has 0 aliphatic carbocycles. The van der Waals surface area contributed by atoms with E-state index in [0.717, 1.165) is 27.0 Å². The van der Waals surface area contributed by atoms with E-state index >= 15 is 0 Å². The molecule has 0 aliphatic rings. The van der Waals surface area contributed by atoms with Gasteiger partial charge in [-0.05, 0) is 16.2 Å². The molecule has 0 saturated heterocycles. The number of thiophene rings is 1. The van der Waals surface area contributed by atoms with Crippen molar-refractivity contribution < 1.29 is 31.4 Å². The van der Waals surface area contributed by atoms with E-state index in [4.69, 9.17) is 1.37 Å². The van der Waals surface area contributed by atoms with Crippen molar-refractivity contribution in [3.63, 3.8) is 0 Å². The van der Waals surface area contributed by atoms with Crippen LogP contribution < -0.4 is 0 Å². The van der Waals surface area contributed by atoms with Gasteiger partial charge in [0.05, 0.1) is 0 Å². The van der Waals surface area contributed by atoms with Crippen molar-refractivity contribution in [2.75, 3.05) is 0 Å². The Labute approximate surface area is 256 Å². The van der Waals surface area contributed by atoms with Gasteiger partial charge in [0.2, 0.25) is 0 Å². The number of ketones is 1. The Morgan fingerprint density at radius 2 is 1.68 bits per heavy atom. The predicted octanol–water partition coefficient (Wildman–Crippen LogP) is 9.68. The summed E-state index contributed by atoms with van der Waals surface area (Å²) in [5.41, 5.74) is 2.01. The molecule has 0 unspecified atom stereocenters. The number of carbonyl (C=O) groups is 1. The SMILES string of the molecule is CC(C)(C)C(=O)/C=C(\O)C(C)(C)C.[2H]C(C)(C)c1c[c-]c(-c2ncnc3sc4c5ccccc5ccc4c23)cc1.[Ir]. The van der Waals surface area contributed by atoms with Crippen molar-refractivity contribution in [3.8, 4) is 11.3 Å². The number of hydrogen-bond donors (Lipinski definition) is 1. The molecule has 2 aromatic heterocycles. The smallest absolute Gasteiger partial charge is 0.164 e. The topological polar surface area (TPSA) is 63.1 Å². The monoisotopic (exact) mass is 731 g/mol. The number of aliphatic hydroxyl groups excluding tert-OH is 1. The molecule has 0 spiro atoms. The number of hydrogen-bond acceptors (Lipinski definition) is 5. The van der Waals surface area contributed by atoms with Crippen molar-refractivity contribution >= 4 is 48.2 Å². The summed E-state index contributed by atoms with van der Waals surface area (Å²) in [6.07, 6.45) is 2.96. The Kier molecular flexibility index (Phi) is 9.24. The zero-order chi connectivity index (χ0) is 29.5. The maximum Gasteiger partial charge on any atom is 0.164 e. The van der Waals surface area contributed by atoms with E-state index in [9.17, 15) is 9.90 Å². The minimum atomic E-state index is -0.635. The molecule has 211 valence electrons. The Bertz CT molecular complexity index is 1720. The number of fused-ring (bicyclic) bond motifs is 5. The molecule has 3 aromatic carbocycles. The molecule has 1 N–H and O–H groups in total. The first-order valence-electron chi connectivity index (χ1n) is 13.6. The van der Waals surface area contributed by atoms with E-state index in [1.807, 2.05) is 73.6 Å². The molecular formula is C34H37IrN2O2S-. The van der Waals surface area contributed by atoms with Gasteiger partial charge in [-0.3, -0.25) is 9.78 Å². The molecule has 0 aliphatic heterocycles. The first kappa shape index (κ1) is 30.0. The fourth-order valence-corrected chi connectivity index (χ4v) is 5.16. The van der Waals surface area contributed by atoms with Gasteiger partial charge in [-0.15, -0.1) is 46.7 Å². The van der Waals surface area contributed by atoms with Gasteiger partial charge in [0.1, 0.15) is 16.9 Å². The Morgan fingerprint density at radius 1 is 0.975 bits per heavy atom. The fraction of sp³-hybridized carbons (Fsp3) is 0.324. The molecule has 1 radical (unpaired) electrons. The third-order valence-electron chi connectivity index (χ3n) is 6.58. The van der Waals surface area contributed by atoms with Gasteiger partial charge in [-0.25, -0.2) is 4.98 Å². The number of nitrogens with zero attached hydrogens (tertiary/aromatic N) is 2. The number of aliphatic hydroxyl groups is 1. The molecule has 6 heteroatoms. The van der Waals surface area contributed by atoms with Gasteiger partial charge in [0.15, 0.2) is 5.78 Å². The summed E-state index contributed by atoms with van der Waals surface area (Å²) < 4.78 is 9.44. The van der Waals surface area contributed by atoms with Crippen molar-refractivity contribution in [1.82, 2.24) is 9.97 Å². The van der Waals surface area contributed by atoms with Crippen molar-refractivity contribution in [2.24, 2.45) is 10.8 Å². The average Bonchev–Trinajstić information content (AvgIpc) is 3.27. The van der Waals surface area contributed by atoms with Crippen molar-refractivity contribution in [1.29, 1.82) is 0 Å². The number of rotatable bonds is 3. The second kappa shape index (κ2) is 12.3. The summed E-state index contributed by atoms with van der Waals surface area (Å²) in [5.74, 6) is -0.531. The second-order valence-corrected chi connectivity index (χ2v) is 13.1. The summed E-state index contributed by atoms with van der Waals surface area (Å²) in [7, 11) is 0. The van der Waals surface area contributed by atoms with Crippen LogP contribution in [0.1, 0.15) is 68.2 Å². The third-order valence-corrected chi connectivity index (χ3v) is 7.73. The standard InChI is InChI=1S/C23H17N2S.C11H20O2.Ir/c1-14(2)15-7-9-17(10-8-15)21-20-19-12-11-16-5-3-4-6-18(16)22(19)26-23(20)25-13-24-21;1-10(2,3)8(12)7-9(13)11(4,5)6;/h3-9,11-14H,1-2H3;7,12H,1-6H3;/q-1;;/b;8-7-;/i14D;;. The van der Waals surface area contributed by atoms with Gasteiger partial charge >= 0.3 is 0 Å². The Balaban J connectivity index is 0.000000284. The maximum absolute atomic E-state index is 11.5. The molecule has 40 heavy (non-hydrogen) atoms. The van der Waals surface area contributed by atoms with Crippen LogP contribution in [0.5, 0.6) is 0 Å². The van der Waals surface area contributed by atoms with Crippen LogP contribution in [0.25, 0.3) is 42.3 Å². The molecule has 0 bridgehead atoms. The summed E-state index contributed by atoms with van der Waals surface area (Å²) in [6, 6.07) is 22.0. The quantitative estimate of drug-likeness (QED) is 0.114. The average molecular weight is 731 g/mol. The number of allylic oxidation sites excluding steroid dienone is 2. The number of benzene rings is 3. The zero-order valence-electron chi connectivity index (χ0n) is 25.3. The number of aromatic nitrogens is 2. The van der Waals surface area contributed by atoms with Crippen LogP contribution >= 0.6 is 11.3 Å². The summed E-state index contributed by atoms with van der Waals surface area (Å²) in [5, 5.41) is 14.3. The molecule has 2 heterocycles. The summed E-state index contributed by atoms with van der Waals surface area (Å²) in [6.45, 7) is 14.9. The normalized spacial score (nSPS) is 13.0. The van der Waals surface area contributed by atoms with E-state index in [0.29, 0.717) is 0 Å². The predicted molar refractivity (Wildman–Crippen MR) is 165 cm³/mol. The molecule has 0 fully saturated rings. The summed E-state index contributed by atoms with van der Waals surface area (Å²) >= 11 is 1.71. The first-order valence-corrected chi connectivity index (χ1v) is 13.9. The molecule has 0 amide bonds. The molecule has 5 rings (SSSR count). The number of carbonyl (C=O) groups excluding carboxylic acids is 1. The van der Waals surface area contributed by atoms with E-state index in [1.54, 1.807) is 17.7 Å². The maximum atomic E-state index is 11.5.